The molecular weight excluding hydrogens is 402 g/mol. The Morgan fingerprint density at radius 1 is 1.20 bits per heavy atom. The van der Waals surface area contributed by atoms with Gasteiger partial charge in [0, 0.05) is 15.7 Å². The van der Waals surface area contributed by atoms with Crippen LogP contribution in [0.25, 0.3) is 11.5 Å². The summed E-state index contributed by atoms with van der Waals surface area (Å²) in [4.78, 5) is 12.3. The molecule has 1 N–H and O–H groups in total. The van der Waals surface area contributed by atoms with E-state index in [9.17, 15) is 4.79 Å². The predicted molar refractivity (Wildman–Crippen MR) is 103 cm³/mol. The van der Waals surface area contributed by atoms with Crippen molar-refractivity contribution in [2.24, 2.45) is 0 Å². The molecule has 0 saturated carbocycles. The van der Waals surface area contributed by atoms with Crippen molar-refractivity contribution >= 4 is 39.3 Å². The molecule has 0 fully saturated rings. The number of aryl methyl sites for hydroxylation is 1. The molecular formula is C18H16BrN3O2S. The Morgan fingerprint density at radius 2 is 1.96 bits per heavy atom. The summed E-state index contributed by atoms with van der Waals surface area (Å²) in [6, 6.07) is 15.3. The highest BCUT2D eigenvalue weighted by molar-refractivity contribution is 9.10. The fourth-order valence-corrected chi connectivity index (χ4v) is 3.17. The number of nitrogens with zero attached hydrogens (tertiary/aromatic N) is 2. The minimum absolute atomic E-state index is 0.127. The second-order valence-electron chi connectivity index (χ2n) is 5.50. The van der Waals surface area contributed by atoms with Crippen LogP contribution < -0.4 is 5.32 Å². The molecule has 7 heteroatoms. The van der Waals surface area contributed by atoms with Gasteiger partial charge in [0.1, 0.15) is 0 Å². The molecule has 3 rings (SSSR count). The van der Waals surface area contributed by atoms with Crippen LogP contribution >= 0.6 is 27.7 Å². The van der Waals surface area contributed by atoms with E-state index in [4.69, 9.17) is 4.42 Å². The Bertz CT molecular complexity index is 880. The summed E-state index contributed by atoms with van der Waals surface area (Å²) in [7, 11) is 0. The Balaban J connectivity index is 1.63. The predicted octanol–water partition coefficient (Wildman–Crippen LogP) is 4.93. The number of carbonyl (C=O) groups is 1. The van der Waals surface area contributed by atoms with Crippen molar-refractivity contribution in [3.8, 4) is 11.5 Å². The van der Waals surface area contributed by atoms with E-state index < -0.39 is 0 Å². The Hall–Kier alpha value is -2.12. The first-order chi connectivity index (χ1) is 12.0. The fourth-order valence-electron chi connectivity index (χ4n) is 2.09. The van der Waals surface area contributed by atoms with Gasteiger partial charge >= 0.3 is 0 Å². The van der Waals surface area contributed by atoms with Gasteiger partial charge in [-0.2, -0.15) is 0 Å². The van der Waals surface area contributed by atoms with Gasteiger partial charge in [0.2, 0.25) is 11.8 Å². The summed E-state index contributed by atoms with van der Waals surface area (Å²) in [5, 5.41) is 10.9. The number of aromatic nitrogens is 2. The molecule has 1 atom stereocenters. The molecule has 0 saturated heterocycles. The third kappa shape index (κ3) is 4.70. The molecule has 1 heterocycles. The first-order valence-corrected chi connectivity index (χ1v) is 9.32. The van der Waals surface area contributed by atoms with Crippen LogP contribution in [-0.4, -0.2) is 21.4 Å². The molecule has 1 amide bonds. The number of hydrogen-bond acceptors (Lipinski definition) is 5. The molecule has 25 heavy (non-hydrogen) atoms. The lowest BCUT2D eigenvalue weighted by Crippen LogP contribution is -2.22. The molecule has 0 aliphatic heterocycles. The zero-order valence-corrected chi connectivity index (χ0v) is 16.1. The molecule has 3 aromatic rings. The molecule has 0 aliphatic carbocycles. The van der Waals surface area contributed by atoms with Crippen molar-refractivity contribution in [1.82, 2.24) is 10.2 Å². The number of hydrogen-bond donors (Lipinski definition) is 1. The number of carbonyl (C=O) groups excluding carboxylic acids is 1. The molecule has 1 aromatic heterocycles. The maximum Gasteiger partial charge on any atom is 0.277 e. The zero-order valence-electron chi connectivity index (χ0n) is 13.7. The van der Waals surface area contributed by atoms with E-state index in [0.717, 1.165) is 21.3 Å². The van der Waals surface area contributed by atoms with E-state index in [1.54, 1.807) is 6.92 Å². The normalized spacial score (nSPS) is 12.0. The van der Waals surface area contributed by atoms with Gasteiger partial charge in [0.15, 0.2) is 0 Å². The number of anilines is 1. The van der Waals surface area contributed by atoms with Gasteiger partial charge < -0.3 is 9.73 Å². The van der Waals surface area contributed by atoms with E-state index in [1.165, 1.54) is 11.8 Å². The molecule has 5 nitrogen and oxygen atoms in total. The van der Waals surface area contributed by atoms with Crippen LogP contribution in [0.2, 0.25) is 0 Å². The summed E-state index contributed by atoms with van der Waals surface area (Å²) < 4.78 is 6.56. The number of nitrogens with one attached hydrogen (secondary N) is 1. The van der Waals surface area contributed by atoms with Gasteiger partial charge in [-0.05, 0) is 44.2 Å². The summed E-state index contributed by atoms with van der Waals surface area (Å²) in [5.74, 6) is 0.320. The molecule has 128 valence electrons. The zero-order chi connectivity index (χ0) is 17.8. The second-order valence-corrected chi connectivity index (χ2v) is 7.71. The minimum atomic E-state index is -0.370. The molecule has 0 radical (unpaired) electrons. The van der Waals surface area contributed by atoms with Crippen LogP contribution in [0, 0.1) is 6.92 Å². The van der Waals surface area contributed by atoms with E-state index in [-0.39, 0.29) is 11.2 Å². The van der Waals surface area contributed by atoms with Crippen LogP contribution in [0.3, 0.4) is 0 Å². The van der Waals surface area contributed by atoms with Crippen LogP contribution in [0.15, 0.2) is 62.6 Å². The third-order valence-corrected chi connectivity index (χ3v) is 4.87. The first kappa shape index (κ1) is 17.7. The van der Waals surface area contributed by atoms with Gasteiger partial charge in [0.25, 0.3) is 5.22 Å². The number of amides is 1. The van der Waals surface area contributed by atoms with Gasteiger partial charge in [-0.3, -0.25) is 4.79 Å². The minimum Gasteiger partial charge on any atom is -0.411 e. The van der Waals surface area contributed by atoms with Crippen molar-refractivity contribution in [2.45, 2.75) is 24.3 Å². The maximum absolute atomic E-state index is 12.3. The van der Waals surface area contributed by atoms with E-state index in [2.05, 4.69) is 31.4 Å². The Morgan fingerprint density at radius 3 is 2.68 bits per heavy atom. The topological polar surface area (TPSA) is 68.0 Å². The number of thioether (sulfide) groups is 1. The SMILES string of the molecule is Cc1ccc(-c2nnc(SC(C)C(=O)Nc3cccc(Br)c3)o2)cc1. The highest BCUT2D eigenvalue weighted by Gasteiger charge is 2.19. The number of halogens is 1. The molecule has 0 spiro atoms. The lowest BCUT2D eigenvalue weighted by Gasteiger charge is -2.10. The highest BCUT2D eigenvalue weighted by atomic mass is 79.9. The van der Waals surface area contributed by atoms with Gasteiger partial charge in [-0.15, -0.1) is 10.2 Å². The van der Waals surface area contributed by atoms with Crippen LogP contribution in [-0.2, 0) is 4.79 Å². The second kappa shape index (κ2) is 7.84. The first-order valence-electron chi connectivity index (χ1n) is 7.65. The van der Waals surface area contributed by atoms with Crippen molar-refractivity contribution in [1.29, 1.82) is 0 Å². The third-order valence-electron chi connectivity index (χ3n) is 3.44. The van der Waals surface area contributed by atoms with Gasteiger partial charge in [0.05, 0.1) is 5.25 Å². The van der Waals surface area contributed by atoms with Gasteiger partial charge in [-0.25, -0.2) is 0 Å². The monoisotopic (exact) mass is 417 g/mol. The van der Waals surface area contributed by atoms with Crippen molar-refractivity contribution in [2.75, 3.05) is 5.32 Å². The Kier molecular flexibility index (Phi) is 5.55. The average Bonchev–Trinajstić information content (AvgIpc) is 3.04. The summed E-state index contributed by atoms with van der Waals surface area (Å²) >= 11 is 4.61. The average molecular weight is 418 g/mol. The van der Waals surface area contributed by atoms with Crippen molar-refractivity contribution < 1.29 is 9.21 Å². The molecule has 0 aliphatic rings. The van der Waals surface area contributed by atoms with Crippen LogP contribution in [0.1, 0.15) is 12.5 Å². The van der Waals surface area contributed by atoms with Crippen LogP contribution in [0.5, 0.6) is 0 Å². The summed E-state index contributed by atoms with van der Waals surface area (Å²) in [6.45, 7) is 3.82. The molecule has 1 unspecified atom stereocenters. The largest absolute Gasteiger partial charge is 0.411 e. The fraction of sp³-hybridized carbons (Fsp3) is 0.167. The molecule has 2 aromatic carbocycles. The van der Waals surface area contributed by atoms with Crippen LogP contribution in [0.4, 0.5) is 5.69 Å². The lowest BCUT2D eigenvalue weighted by molar-refractivity contribution is -0.115. The number of benzene rings is 2. The van der Waals surface area contributed by atoms with Gasteiger partial charge in [-0.1, -0.05) is 51.5 Å². The standard InChI is InChI=1S/C18H16BrN3O2S/c1-11-6-8-13(9-7-11)17-21-22-18(24-17)25-12(2)16(23)20-15-5-3-4-14(19)10-15/h3-10,12H,1-2H3,(H,20,23). The van der Waals surface area contributed by atoms with E-state index in [0.29, 0.717) is 11.1 Å². The summed E-state index contributed by atoms with van der Waals surface area (Å²) in [6.07, 6.45) is 0. The highest BCUT2D eigenvalue weighted by Crippen LogP contribution is 2.27. The Labute approximate surface area is 158 Å². The van der Waals surface area contributed by atoms with Crippen molar-refractivity contribution in [3.05, 3.63) is 58.6 Å². The van der Waals surface area contributed by atoms with E-state index >= 15 is 0 Å². The number of rotatable bonds is 5. The summed E-state index contributed by atoms with van der Waals surface area (Å²) in [5.41, 5.74) is 2.75. The quantitative estimate of drug-likeness (QED) is 0.596. The molecule has 0 bridgehead atoms. The smallest absolute Gasteiger partial charge is 0.277 e. The lowest BCUT2D eigenvalue weighted by atomic mass is 10.1. The van der Waals surface area contributed by atoms with Crippen molar-refractivity contribution in [3.63, 3.8) is 0 Å². The maximum atomic E-state index is 12.3. The van der Waals surface area contributed by atoms with E-state index in [1.807, 2.05) is 55.5 Å².